The number of rotatable bonds is 22. The maximum atomic E-state index is 11.2. The number of esters is 1. The van der Waals surface area contributed by atoms with Crippen LogP contribution in [-0.2, 0) is 14.3 Å². The van der Waals surface area contributed by atoms with Gasteiger partial charge in [-0.1, -0.05) is 110 Å². The van der Waals surface area contributed by atoms with Crippen molar-refractivity contribution in [2.24, 2.45) is 0 Å². The van der Waals surface area contributed by atoms with Crippen molar-refractivity contribution in [1.82, 2.24) is 0 Å². The average Bonchev–Trinajstić information content (AvgIpc) is 2.71. The first-order valence-corrected chi connectivity index (χ1v) is 12.1. The molecule has 0 aromatic heterocycles. The SMILES string of the molecule is CCCCCCCCCCCCCCCCCCOCC(CO)OC(=O)CC. The Balaban J connectivity index is 3.18. The van der Waals surface area contributed by atoms with Gasteiger partial charge < -0.3 is 14.6 Å². The van der Waals surface area contributed by atoms with E-state index in [-0.39, 0.29) is 12.6 Å². The Bertz CT molecular complexity index is 320. The summed E-state index contributed by atoms with van der Waals surface area (Å²) in [6.45, 7) is 4.82. The lowest BCUT2D eigenvalue weighted by atomic mass is 10.0. The number of unbranched alkanes of at least 4 members (excludes halogenated alkanes) is 15. The molecule has 1 unspecified atom stereocenters. The van der Waals surface area contributed by atoms with Crippen LogP contribution in [0.1, 0.15) is 123 Å². The summed E-state index contributed by atoms with van der Waals surface area (Å²) in [5.41, 5.74) is 0. The molecule has 0 aliphatic heterocycles. The van der Waals surface area contributed by atoms with Crippen LogP contribution in [0.5, 0.6) is 0 Å². The van der Waals surface area contributed by atoms with E-state index in [0.29, 0.717) is 19.6 Å². The molecule has 28 heavy (non-hydrogen) atoms. The lowest BCUT2D eigenvalue weighted by molar-refractivity contribution is -0.154. The van der Waals surface area contributed by atoms with Gasteiger partial charge in [-0.15, -0.1) is 0 Å². The van der Waals surface area contributed by atoms with Crippen molar-refractivity contribution in [3.8, 4) is 0 Å². The van der Waals surface area contributed by atoms with Crippen LogP contribution in [0, 0.1) is 0 Å². The molecular weight excluding hydrogens is 352 g/mol. The molecule has 1 atom stereocenters. The van der Waals surface area contributed by atoms with E-state index >= 15 is 0 Å². The summed E-state index contributed by atoms with van der Waals surface area (Å²) in [7, 11) is 0. The van der Waals surface area contributed by atoms with E-state index in [2.05, 4.69) is 6.92 Å². The summed E-state index contributed by atoms with van der Waals surface area (Å²) in [6, 6.07) is 0. The van der Waals surface area contributed by atoms with E-state index in [4.69, 9.17) is 14.6 Å². The Hall–Kier alpha value is -0.610. The fourth-order valence-corrected chi connectivity index (χ4v) is 3.36. The minimum absolute atomic E-state index is 0.176. The minimum Gasteiger partial charge on any atom is -0.457 e. The molecule has 0 aromatic rings. The first-order chi connectivity index (χ1) is 13.7. The zero-order valence-electron chi connectivity index (χ0n) is 18.9. The largest absolute Gasteiger partial charge is 0.457 e. The molecule has 1 N–H and O–H groups in total. The molecule has 4 heteroatoms. The zero-order valence-corrected chi connectivity index (χ0v) is 18.9. The van der Waals surface area contributed by atoms with Gasteiger partial charge in [0.25, 0.3) is 0 Å². The Labute approximate surface area is 174 Å². The molecule has 0 bridgehead atoms. The van der Waals surface area contributed by atoms with E-state index in [0.717, 1.165) is 6.42 Å². The highest BCUT2D eigenvalue weighted by Gasteiger charge is 2.12. The molecule has 0 fully saturated rings. The molecule has 0 amide bonds. The van der Waals surface area contributed by atoms with Gasteiger partial charge in [0, 0.05) is 13.0 Å². The minimum atomic E-state index is -0.520. The van der Waals surface area contributed by atoms with Gasteiger partial charge in [0.1, 0.15) is 6.10 Å². The number of aliphatic hydroxyl groups is 1. The van der Waals surface area contributed by atoms with Crippen LogP contribution in [0.15, 0.2) is 0 Å². The van der Waals surface area contributed by atoms with Crippen LogP contribution >= 0.6 is 0 Å². The quantitative estimate of drug-likeness (QED) is 0.165. The predicted molar refractivity (Wildman–Crippen MR) is 118 cm³/mol. The Morgan fingerprint density at radius 1 is 0.714 bits per heavy atom. The molecule has 0 spiro atoms. The van der Waals surface area contributed by atoms with Crippen molar-refractivity contribution in [2.75, 3.05) is 19.8 Å². The van der Waals surface area contributed by atoms with E-state index in [9.17, 15) is 4.79 Å². The van der Waals surface area contributed by atoms with Gasteiger partial charge >= 0.3 is 5.97 Å². The zero-order chi connectivity index (χ0) is 20.7. The molecule has 0 aromatic carbocycles. The Morgan fingerprint density at radius 2 is 1.14 bits per heavy atom. The Kier molecular flexibility index (Phi) is 22.2. The van der Waals surface area contributed by atoms with Gasteiger partial charge in [0.05, 0.1) is 13.2 Å². The fraction of sp³-hybridized carbons (Fsp3) is 0.958. The number of aliphatic hydroxyl groups excluding tert-OH is 1. The summed E-state index contributed by atoms with van der Waals surface area (Å²) in [5, 5.41) is 9.16. The number of ether oxygens (including phenoxy) is 2. The van der Waals surface area contributed by atoms with Crippen molar-refractivity contribution in [2.45, 2.75) is 129 Å². The first kappa shape index (κ1) is 27.4. The van der Waals surface area contributed by atoms with E-state index in [1.54, 1.807) is 6.92 Å². The molecule has 0 rings (SSSR count). The van der Waals surface area contributed by atoms with Crippen molar-refractivity contribution < 1.29 is 19.4 Å². The highest BCUT2D eigenvalue weighted by molar-refractivity contribution is 5.69. The number of carbonyl (C=O) groups excluding carboxylic acids is 1. The second-order valence-corrected chi connectivity index (χ2v) is 8.03. The van der Waals surface area contributed by atoms with Gasteiger partial charge in [0.2, 0.25) is 0 Å². The molecule has 0 saturated heterocycles. The summed E-state index contributed by atoms with van der Waals surface area (Å²) in [4.78, 5) is 11.2. The van der Waals surface area contributed by atoms with Crippen molar-refractivity contribution in [1.29, 1.82) is 0 Å². The third-order valence-electron chi connectivity index (χ3n) is 5.24. The summed E-state index contributed by atoms with van der Waals surface area (Å²) in [5.74, 6) is -0.287. The standard InChI is InChI=1S/C24H48O4/c1-3-5-6-7-8-9-10-11-12-13-14-15-16-17-18-19-20-27-22-23(21-25)28-24(26)4-2/h23,25H,3-22H2,1-2H3. The molecule has 0 aliphatic rings. The van der Waals surface area contributed by atoms with Gasteiger partial charge in [-0.3, -0.25) is 4.79 Å². The van der Waals surface area contributed by atoms with Gasteiger partial charge in [-0.2, -0.15) is 0 Å². The number of carbonyl (C=O) groups is 1. The normalized spacial score (nSPS) is 12.2. The summed E-state index contributed by atoms with van der Waals surface area (Å²) >= 11 is 0. The van der Waals surface area contributed by atoms with Gasteiger partial charge in [-0.05, 0) is 6.42 Å². The maximum absolute atomic E-state index is 11.2. The molecule has 4 nitrogen and oxygen atoms in total. The van der Waals surface area contributed by atoms with Crippen LogP contribution in [-0.4, -0.2) is 37.0 Å². The number of hydrogen-bond donors (Lipinski definition) is 1. The van der Waals surface area contributed by atoms with Crippen LogP contribution in [0.4, 0.5) is 0 Å². The van der Waals surface area contributed by atoms with Crippen molar-refractivity contribution in [3.63, 3.8) is 0 Å². The van der Waals surface area contributed by atoms with E-state index in [1.807, 2.05) is 0 Å². The van der Waals surface area contributed by atoms with Crippen molar-refractivity contribution in [3.05, 3.63) is 0 Å². The monoisotopic (exact) mass is 400 g/mol. The highest BCUT2D eigenvalue weighted by Crippen LogP contribution is 2.13. The molecule has 168 valence electrons. The highest BCUT2D eigenvalue weighted by atomic mass is 16.6. The van der Waals surface area contributed by atoms with Crippen molar-refractivity contribution >= 4 is 5.97 Å². The molecule has 0 heterocycles. The Morgan fingerprint density at radius 3 is 1.54 bits per heavy atom. The average molecular weight is 401 g/mol. The van der Waals surface area contributed by atoms with Gasteiger partial charge in [0.15, 0.2) is 0 Å². The van der Waals surface area contributed by atoms with Crippen LogP contribution in [0.25, 0.3) is 0 Å². The van der Waals surface area contributed by atoms with E-state index in [1.165, 1.54) is 96.3 Å². The third kappa shape index (κ3) is 20.1. The second-order valence-electron chi connectivity index (χ2n) is 8.03. The second kappa shape index (κ2) is 22.7. The maximum Gasteiger partial charge on any atom is 0.305 e. The molecule has 0 aliphatic carbocycles. The first-order valence-electron chi connectivity index (χ1n) is 12.1. The fourth-order valence-electron chi connectivity index (χ4n) is 3.36. The molecule has 0 radical (unpaired) electrons. The lowest BCUT2D eigenvalue weighted by Crippen LogP contribution is -2.27. The van der Waals surface area contributed by atoms with E-state index < -0.39 is 6.10 Å². The van der Waals surface area contributed by atoms with Gasteiger partial charge in [-0.25, -0.2) is 0 Å². The number of hydrogen-bond acceptors (Lipinski definition) is 4. The van der Waals surface area contributed by atoms with Crippen LogP contribution in [0.2, 0.25) is 0 Å². The lowest BCUT2D eigenvalue weighted by Gasteiger charge is -2.15. The summed E-state index contributed by atoms with van der Waals surface area (Å²) < 4.78 is 10.6. The summed E-state index contributed by atoms with van der Waals surface area (Å²) in [6.07, 6.45) is 21.5. The predicted octanol–water partition coefficient (Wildman–Crippen LogP) is 6.58. The smallest absolute Gasteiger partial charge is 0.305 e. The topological polar surface area (TPSA) is 55.8 Å². The van der Waals surface area contributed by atoms with Crippen LogP contribution < -0.4 is 0 Å². The molecular formula is C24H48O4. The third-order valence-corrected chi connectivity index (χ3v) is 5.24. The molecule has 0 saturated carbocycles. The van der Waals surface area contributed by atoms with Crippen LogP contribution in [0.3, 0.4) is 0 Å².